The zero-order valence-corrected chi connectivity index (χ0v) is 21.0. The van der Waals surface area contributed by atoms with Gasteiger partial charge in [0.1, 0.15) is 35.8 Å². The van der Waals surface area contributed by atoms with Crippen molar-refractivity contribution < 1.29 is 38.1 Å². The monoisotopic (exact) mass is 528 g/mol. The summed E-state index contributed by atoms with van der Waals surface area (Å²) in [6.45, 7) is 5.33. The molecule has 4 N–H and O–H groups in total. The highest BCUT2D eigenvalue weighted by atomic mass is 31.2. The number of esters is 1. The second-order valence-corrected chi connectivity index (χ2v) is 10.3. The summed E-state index contributed by atoms with van der Waals surface area (Å²) in [6.07, 6.45) is -4.05. The number of hydrogen-bond donors (Lipinski definition) is 4. The number of hydrogen-bond acceptors (Lipinski definition) is 11. The predicted octanol–water partition coefficient (Wildman–Crippen LogP) is 0.0743. The van der Waals surface area contributed by atoms with Crippen LogP contribution in [-0.4, -0.2) is 67.5 Å². The van der Waals surface area contributed by atoms with Crippen molar-refractivity contribution in [3.63, 3.8) is 0 Å². The maximum atomic E-state index is 13.6. The Morgan fingerprint density at radius 2 is 1.97 bits per heavy atom. The molecule has 3 rings (SSSR count). The zero-order valence-electron chi connectivity index (χ0n) is 20.1. The van der Waals surface area contributed by atoms with E-state index in [0.29, 0.717) is 4.68 Å². The van der Waals surface area contributed by atoms with Gasteiger partial charge in [-0.05, 0) is 39.8 Å². The summed E-state index contributed by atoms with van der Waals surface area (Å²) in [5.74, 6) is -0.534. The van der Waals surface area contributed by atoms with Gasteiger partial charge in [-0.15, -0.1) is 0 Å². The van der Waals surface area contributed by atoms with E-state index in [0.717, 1.165) is 6.20 Å². The third-order valence-corrected chi connectivity index (χ3v) is 6.79. The first-order valence-corrected chi connectivity index (χ1v) is 12.6. The summed E-state index contributed by atoms with van der Waals surface area (Å²) in [5, 5.41) is 27.6. The van der Waals surface area contributed by atoms with Crippen LogP contribution in [0.25, 0.3) is 0 Å². The summed E-state index contributed by atoms with van der Waals surface area (Å²) in [6, 6.07) is 6.92. The van der Waals surface area contributed by atoms with Crippen molar-refractivity contribution in [2.24, 2.45) is 0 Å². The van der Waals surface area contributed by atoms with Gasteiger partial charge >= 0.3 is 19.4 Å². The molecule has 1 saturated heterocycles. The van der Waals surface area contributed by atoms with Crippen LogP contribution in [-0.2, 0) is 23.4 Å². The molecule has 198 valence electrons. The van der Waals surface area contributed by atoms with Gasteiger partial charge in [0.15, 0.2) is 6.23 Å². The normalized spacial score (nSPS) is 26.4. The Morgan fingerprint density at radius 1 is 1.31 bits per heavy atom. The molecule has 1 unspecified atom stereocenters. The number of aromatic nitrogens is 3. The fourth-order valence-electron chi connectivity index (χ4n) is 3.37. The molecule has 1 aromatic heterocycles. The van der Waals surface area contributed by atoms with Gasteiger partial charge in [0.2, 0.25) is 0 Å². The molecular formula is C21H29N4O10P. The molecule has 15 heteroatoms. The highest BCUT2D eigenvalue weighted by molar-refractivity contribution is 7.52. The van der Waals surface area contributed by atoms with Crippen molar-refractivity contribution in [2.45, 2.75) is 63.9 Å². The molecule has 36 heavy (non-hydrogen) atoms. The van der Waals surface area contributed by atoms with E-state index < -0.39 is 67.8 Å². The summed E-state index contributed by atoms with van der Waals surface area (Å²) >= 11 is 0. The minimum Gasteiger partial charge on any atom is -0.462 e. The van der Waals surface area contributed by atoms with E-state index in [1.165, 1.54) is 26.0 Å². The number of carbonyl (C=O) groups excluding carboxylic acids is 1. The molecule has 0 spiro atoms. The first-order valence-electron chi connectivity index (χ1n) is 11.0. The van der Waals surface area contributed by atoms with Crippen molar-refractivity contribution in [1.82, 2.24) is 19.9 Å². The van der Waals surface area contributed by atoms with E-state index in [1.54, 1.807) is 32.0 Å². The van der Waals surface area contributed by atoms with E-state index in [4.69, 9.17) is 18.5 Å². The topological polar surface area (TPSA) is 191 Å². The van der Waals surface area contributed by atoms with Crippen LogP contribution < -0.4 is 20.9 Å². The van der Waals surface area contributed by atoms with E-state index in [1.807, 2.05) is 4.98 Å². The van der Waals surface area contributed by atoms with Crippen LogP contribution in [0.3, 0.4) is 0 Å². The van der Waals surface area contributed by atoms with Crippen LogP contribution in [0.2, 0.25) is 0 Å². The number of nitrogens with one attached hydrogen (secondary N) is 2. The van der Waals surface area contributed by atoms with Crippen LogP contribution in [0, 0.1) is 0 Å². The Balaban J connectivity index is 1.80. The Hall–Kier alpha value is -2.87. The van der Waals surface area contributed by atoms with Gasteiger partial charge in [-0.2, -0.15) is 14.9 Å². The van der Waals surface area contributed by atoms with E-state index >= 15 is 0 Å². The number of benzene rings is 1. The fourth-order valence-corrected chi connectivity index (χ4v) is 4.87. The lowest BCUT2D eigenvalue weighted by atomic mass is 9.97. The summed E-state index contributed by atoms with van der Waals surface area (Å²) < 4.78 is 36.0. The van der Waals surface area contributed by atoms with Crippen molar-refractivity contribution in [3.05, 3.63) is 57.4 Å². The highest BCUT2D eigenvalue weighted by Gasteiger charge is 2.54. The number of ether oxygens (including phenoxy) is 2. The third kappa shape index (κ3) is 6.46. The molecule has 2 heterocycles. The number of nitrogens with zero attached hydrogens (tertiary/aromatic N) is 2. The van der Waals surface area contributed by atoms with Gasteiger partial charge in [-0.1, -0.05) is 18.2 Å². The first-order chi connectivity index (χ1) is 16.8. The number of rotatable bonds is 10. The molecule has 0 radical (unpaired) electrons. The number of H-pyrrole nitrogens is 1. The quantitative estimate of drug-likeness (QED) is 0.240. The number of aromatic amines is 1. The van der Waals surface area contributed by atoms with Crippen LogP contribution in [0.15, 0.2) is 46.1 Å². The highest BCUT2D eigenvalue weighted by Crippen LogP contribution is 2.46. The number of para-hydroxylation sites is 1. The Bertz CT molecular complexity index is 1210. The third-order valence-electron chi connectivity index (χ3n) is 5.15. The van der Waals surface area contributed by atoms with Crippen LogP contribution in [0.4, 0.5) is 0 Å². The first kappa shape index (κ1) is 27.7. The average molecular weight is 528 g/mol. The second kappa shape index (κ2) is 11.0. The number of carbonyl (C=O) groups is 1. The Morgan fingerprint density at radius 3 is 2.58 bits per heavy atom. The molecule has 0 aliphatic carbocycles. The molecule has 1 aromatic carbocycles. The van der Waals surface area contributed by atoms with E-state index in [2.05, 4.69) is 10.2 Å². The summed E-state index contributed by atoms with van der Waals surface area (Å²) in [4.78, 5) is 37.7. The number of aliphatic hydroxyl groups excluding tert-OH is 1. The molecule has 0 saturated carbocycles. The molecule has 2 aromatic rings. The molecule has 6 atom stereocenters. The lowest BCUT2D eigenvalue weighted by Gasteiger charge is -2.26. The molecular weight excluding hydrogens is 499 g/mol. The average Bonchev–Trinajstić information content (AvgIpc) is 3.01. The van der Waals surface area contributed by atoms with Gasteiger partial charge in [0, 0.05) is 0 Å². The van der Waals surface area contributed by atoms with Gasteiger partial charge in [0.25, 0.3) is 5.56 Å². The van der Waals surface area contributed by atoms with Crippen molar-refractivity contribution >= 4 is 13.7 Å². The Kier molecular flexibility index (Phi) is 8.49. The SMILES string of the molecule is CC(C)OC(=O)[C@H](C)N[P@](=O)(OC[C@H]1O[C@@H](n2ncc(=O)[nH]c2=O)C(C)(O)[C@H]1O)Oc1ccccc1. The van der Waals surface area contributed by atoms with E-state index in [-0.39, 0.29) is 5.75 Å². The van der Waals surface area contributed by atoms with Gasteiger partial charge in [-0.25, -0.2) is 9.36 Å². The predicted molar refractivity (Wildman–Crippen MR) is 124 cm³/mol. The molecule has 1 aliphatic heterocycles. The standard InChI is InChI=1S/C21H29N4O10P/c1-12(2)33-18(28)13(3)24-36(31,35-14-8-6-5-7-9-14)32-11-15-17(27)21(4,30)19(34-15)25-20(29)23-16(26)10-22-25/h5-10,12-13,15,17,19,27,30H,11H2,1-4H3,(H,24,31)(H,23,26,29)/t13-,15+,17-,19+,21?,36-/m0/s1. The lowest BCUT2D eigenvalue weighted by Crippen LogP contribution is -2.47. The second-order valence-electron chi connectivity index (χ2n) is 8.62. The maximum Gasteiger partial charge on any atom is 0.459 e. The van der Waals surface area contributed by atoms with Crippen molar-refractivity contribution in [2.75, 3.05) is 6.61 Å². The van der Waals surface area contributed by atoms with E-state index in [9.17, 15) is 29.2 Å². The van der Waals surface area contributed by atoms with Crippen molar-refractivity contribution in [3.8, 4) is 5.75 Å². The largest absolute Gasteiger partial charge is 0.462 e. The van der Waals surface area contributed by atoms with Gasteiger partial charge in [0.05, 0.1) is 12.7 Å². The molecule has 0 amide bonds. The van der Waals surface area contributed by atoms with Gasteiger partial charge in [-0.3, -0.25) is 19.1 Å². The van der Waals surface area contributed by atoms with Crippen LogP contribution >= 0.6 is 7.75 Å². The Labute approximate surface area is 205 Å². The molecule has 1 fully saturated rings. The molecule has 14 nitrogen and oxygen atoms in total. The molecule has 1 aliphatic rings. The molecule has 0 bridgehead atoms. The lowest BCUT2D eigenvalue weighted by molar-refractivity contribution is -0.149. The minimum atomic E-state index is -4.28. The zero-order chi connectivity index (χ0) is 26.7. The van der Waals surface area contributed by atoms with Crippen molar-refractivity contribution in [1.29, 1.82) is 0 Å². The minimum absolute atomic E-state index is 0.166. The van der Waals surface area contributed by atoms with Crippen LogP contribution in [0.5, 0.6) is 5.75 Å². The van der Waals surface area contributed by atoms with Crippen LogP contribution in [0.1, 0.15) is 33.9 Å². The summed E-state index contributed by atoms with van der Waals surface area (Å²) in [5.41, 5.74) is -3.78. The maximum absolute atomic E-state index is 13.6. The smallest absolute Gasteiger partial charge is 0.459 e. The summed E-state index contributed by atoms with van der Waals surface area (Å²) in [7, 11) is -4.28. The number of aliphatic hydroxyl groups is 2. The van der Waals surface area contributed by atoms with Gasteiger partial charge < -0.3 is 24.2 Å². The fraction of sp³-hybridized carbons (Fsp3) is 0.524.